The van der Waals surface area contributed by atoms with Gasteiger partial charge >= 0.3 is 11.8 Å². The maximum absolute atomic E-state index is 12.5. The lowest BCUT2D eigenvalue weighted by molar-refractivity contribution is -0.137. The summed E-state index contributed by atoms with van der Waals surface area (Å²) in [5.41, 5.74) is 0.513. The van der Waals surface area contributed by atoms with Crippen LogP contribution < -0.4 is 5.63 Å². The van der Waals surface area contributed by atoms with Crippen molar-refractivity contribution in [1.29, 1.82) is 0 Å². The van der Waals surface area contributed by atoms with E-state index in [-0.39, 0.29) is 5.78 Å². The zero-order valence-electron chi connectivity index (χ0n) is 13.9. The number of allylic oxidation sites excluding steroid dienone is 2. The van der Waals surface area contributed by atoms with Crippen molar-refractivity contribution in [2.24, 2.45) is 0 Å². The molecule has 0 N–H and O–H groups in total. The van der Waals surface area contributed by atoms with E-state index >= 15 is 0 Å². The first-order chi connectivity index (χ1) is 12.8. The molecule has 0 radical (unpaired) electrons. The second-order valence-corrected chi connectivity index (χ2v) is 5.74. The molecule has 2 aromatic carbocycles. The first kappa shape index (κ1) is 18.4. The van der Waals surface area contributed by atoms with E-state index in [1.54, 1.807) is 30.3 Å². The molecular weight excluding hydrogens is 357 g/mol. The van der Waals surface area contributed by atoms with Crippen molar-refractivity contribution in [3.8, 4) is 0 Å². The zero-order chi connectivity index (χ0) is 19.4. The molecule has 0 saturated heterocycles. The van der Waals surface area contributed by atoms with E-state index in [2.05, 4.69) is 0 Å². The summed E-state index contributed by atoms with van der Waals surface area (Å²) in [4.78, 5) is 23.1. The molecule has 3 aromatic rings. The third kappa shape index (κ3) is 4.82. The number of ketones is 1. The maximum Gasteiger partial charge on any atom is 0.416 e. The Bertz CT molecular complexity index is 1090. The van der Waals surface area contributed by atoms with Gasteiger partial charge in [0.1, 0.15) is 5.58 Å². The summed E-state index contributed by atoms with van der Waals surface area (Å²) in [6.45, 7) is 0. The molecule has 1 heterocycles. The predicted molar refractivity (Wildman–Crippen MR) is 97.0 cm³/mol. The number of benzene rings is 2. The summed E-state index contributed by atoms with van der Waals surface area (Å²) in [6.07, 6.45) is 1.29. The fraction of sp³-hybridized carbons (Fsp3) is 0.0476. The van der Waals surface area contributed by atoms with E-state index in [4.69, 9.17) is 4.42 Å². The molecule has 0 fully saturated rings. The van der Waals surface area contributed by atoms with Crippen LogP contribution in [-0.4, -0.2) is 5.78 Å². The largest absolute Gasteiger partial charge is 0.423 e. The molecule has 6 heteroatoms. The molecule has 0 aliphatic rings. The van der Waals surface area contributed by atoms with Gasteiger partial charge < -0.3 is 4.42 Å². The minimum Gasteiger partial charge on any atom is -0.423 e. The quantitative estimate of drug-likeness (QED) is 0.474. The maximum atomic E-state index is 12.5. The van der Waals surface area contributed by atoms with Crippen LogP contribution in [0.3, 0.4) is 0 Å². The average Bonchev–Trinajstić information content (AvgIpc) is 2.64. The van der Waals surface area contributed by atoms with Crippen molar-refractivity contribution in [3.05, 3.63) is 93.9 Å². The predicted octanol–water partition coefficient (Wildman–Crippen LogP) is 5.11. The van der Waals surface area contributed by atoms with Gasteiger partial charge in [-0.05, 0) is 53.6 Å². The summed E-state index contributed by atoms with van der Waals surface area (Å²) in [5.74, 6) is -0.311. The highest BCUT2D eigenvalue weighted by molar-refractivity contribution is 6.04. The first-order valence-corrected chi connectivity index (χ1v) is 7.92. The van der Waals surface area contributed by atoms with Crippen LogP contribution in [-0.2, 0) is 11.0 Å². The molecule has 0 amide bonds. The number of halogens is 3. The molecule has 1 aromatic heterocycles. The van der Waals surface area contributed by atoms with Gasteiger partial charge in [-0.3, -0.25) is 4.79 Å². The molecule has 0 spiro atoms. The number of carbonyl (C=O) groups excluding carboxylic acids is 1. The fourth-order valence-corrected chi connectivity index (χ4v) is 2.39. The van der Waals surface area contributed by atoms with Gasteiger partial charge in [-0.2, -0.15) is 13.2 Å². The highest BCUT2D eigenvalue weighted by Gasteiger charge is 2.29. The fourth-order valence-electron chi connectivity index (χ4n) is 2.39. The Morgan fingerprint density at radius 3 is 2.15 bits per heavy atom. The Kier molecular flexibility index (Phi) is 5.07. The van der Waals surface area contributed by atoms with Crippen molar-refractivity contribution < 1.29 is 22.4 Å². The molecule has 27 heavy (non-hydrogen) atoms. The number of hydrogen-bond acceptors (Lipinski definition) is 3. The van der Waals surface area contributed by atoms with Crippen LogP contribution in [0.1, 0.15) is 16.7 Å². The third-order valence-corrected chi connectivity index (χ3v) is 3.76. The van der Waals surface area contributed by atoms with Crippen LogP contribution in [0.15, 0.2) is 76.0 Å². The van der Waals surface area contributed by atoms with Gasteiger partial charge in [-0.1, -0.05) is 30.4 Å². The number of fused-ring (bicyclic) bond motifs is 1. The number of alkyl halides is 3. The normalized spacial score (nSPS) is 12.3. The van der Waals surface area contributed by atoms with Crippen molar-refractivity contribution in [3.63, 3.8) is 0 Å². The van der Waals surface area contributed by atoms with E-state index in [0.29, 0.717) is 11.1 Å². The first-order valence-electron chi connectivity index (χ1n) is 7.92. The summed E-state index contributed by atoms with van der Waals surface area (Å²) in [7, 11) is 0. The molecule has 0 atom stereocenters. The van der Waals surface area contributed by atoms with Crippen LogP contribution in [0.5, 0.6) is 0 Å². The van der Waals surface area contributed by atoms with Crippen molar-refractivity contribution >= 4 is 28.9 Å². The second kappa shape index (κ2) is 7.45. The van der Waals surface area contributed by atoms with E-state index in [1.807, 2.05) is 0 Å². The number of hydrogen-bond donors (Lipinski definition) is 0. The molecular formula is C21H13F3O3. The average molecular weight is 370 g/mol. The van der Waals surface area contributed by atoms with E-state index in [9.17, 15) is 22.8 Å². The Morgan fingerprint density at radius 1 is 0.852 bits per heavy atom. The van der Waals surface area contributed by atoms with Crippen LogP contribution in [0.4, 0.5) is 13.2 Å². The molecule has 3 rings (SSSR count). The summed E-state index contributed by atoms with van der Waals surface area (Å²) < 4.78 is 42.6. The summed E-state index contributed by atoms with van der Waals surface area (Å²) >= 11 is 0. The summed E-state index contributed by atoms with van der Waals surface area (Å²) in [6, 6.07) is 12.6. The molecule has 136 valence electrons. The minimum absolute atomic E-state index is 0.311. The Balaban J connectivity index is 1.69. The number of carbonyl (C=O) groups is 1. The van der Waals surface area contributed by atoms with Crippen molar-refractivity contribution in [1.82, 2.24) is 0 Å². The minimum atomic E-state index is -4.39. The monoisotopic (exact) mass is 370 g/mol. The zero-order valence-corrected chi connectivity index (χ0v) is 13.9. The Hall–Kier alpha value is -3.41. The van der Waals surface area contributed by atoms with Crippen molar-refractivity contribution in [2.75, 3.05) is 0 Å². The molecule has 0 aliphatic heterocycles. The van der Waals surface area contributed by atoms with Gasteiger partial charge in [0.25, 0.3) is 0 Å². The smallest absolute Gasteiger partial charge is 0.416 e. The lowest BCUT2D eigenvalue weighted by Gasteiger charge is -2.05. The molecule has 0 unspecified atom stereocenters. The van der Waals surface area contributed by atoms with Crippen LogP contribution >= 0.6 is 0 Å². The van der Waals surface area contributed by atoms with Gasteiger partial charge in [-0.15, -0.1) is 0 Å². The number of rotatable bonds is 4. The van der Waals surface area contributed by atoms with Crippen LogP contribution in [0.25, 0.3) is 23.1 Å². The van der Waals surface area contributed by atoms with Crippen LogP contribution in [0.2, 0.25) is 0 Å². The van der Waals surface area contributed by atoms with Gasteiger partial charge in [0.15, 0.2) is 5.78 Å². The topological polar surface area (TPSA) is 47.3 Å². The highest BCUT2D eigenvalue weighted by atomic mass is 19.4. The molecule has 0 bridgehead atoms. The van der Waals surface area contributed by atoms with Crippen LogP contribution in [0, 0.1) is 0 Å². The van der Waals surface area contributed by atoms with E-state index in [0.717, 1.165) is 23.1 Å². The van der Waals surface area contributed by atoms with E-state index < -0.39 is 17.4 Å². The van der Waals surface area contributed by atoms with Gasteiger partial charge in [-0.25, -0.2) is 4.79 Å². The van der Waals surface area contributed by atoms with Crippen molar-refractivity contribution in [2.45, 2.75) is 6.18 Å². The Morgan fingerprint density at radius 2 is 1.48 bits per heavy atom. The van der Waals surface area contributed by atoms with Gasteiger partial charge in [0, 0.05) is 11.5 Å². The van der Waals surface area contributed by atoms with Gasteiger partial charge in [0.05, 0.1) is 5.56 Å². The molecule has 0 aliphatic carbocycles. The second-order valence-electron chi connectivity index (χ2n) is 5.74. The molecule has 3 nitrogen and oxygen atoms in total. The highest BCUT2D eigenvalue weighted by Crippen LogP contribution is 2.29. The summed E-state index contributed by atoms with van der Waals surface area (Å²) in [5, 5.41) is 0.726. The lowest BCUT2D eigenvalue weighted by atomic mass is 10.1. The molecule has 0 saturated carbocycles. The van der Waals surface area contributed by atoms with Gasteiger partial charge in [0.2, 0.25) is 0 Å². The Labute approximate surface area is 152 Å². The van der Waals surface area contributed by atoms with E-state index in [1.165, 1.54) is 36.4 Å². The SMILES string of the molecule is O=C(C=Cc1ccc(C(F)(F)F)cc1)C=Cc1ccc2oc(=O)ccc2c1. The standard InChI is InChI=1S/C21H13F3O3/c22-21(23,24)17-7-1-14(2-8-17)3-9-18(25)10-4-15-5-11-19-16(13-15)6-12-20(26)27-19/h1-13H. The third-order valence-electron chi connectivity index (χ3n) is 3.76. The lowest BCUT2D eigenvalue weighted by Crippen LogP contribution is -2.03.